The fourth-order valence-electron chi connectivity index (χ4n) is 2.97. The van der Waals surface area contributed by atoms with E-state index in [-0.39, 0.29) is 23.2 Å². The third-order valence-corrected chi connectivity index (χ3v) is 5.95. The molecule has 1 atom stereocenters. The lowest BCUT2D eigenvalue weighted by Crippen LogP contribution is -2.32. The average molecular weight is 317 g/mol. The van der Waals surface area contributed by atoms with E-state index in [0.29, 0.717) is 17.8 Å². The molecule has 1 fully saturated rings. The van der Waals surface area contributed by atoms with E-state index in [9.17, 15) is 12.8 Å². The Balaban J connectivity index is 2.25. The SMILES string of the molecule is CC1(n2c(CCl)nc3cc(F)ccc32)CCS(=O)(=O)C1. The lowest BCUT2D eigenvalue weighted by molar-refractivity contribution is 0.367. The molecule has 1 aromatic carbocycles. The number of aromatic nitrogens is 2. The molecular weight excluding hydrogens is 303 g/mol. The maximum atomic E-state index is 13.3. The Morgan fingerprint density at radius 3 is 2.85 bits per heavy atom. The zero-order valence-corrected chi connectivity index (χ0v) is 12.5. The van der Waals surface area contributed by atoms with Crippen molar-refractivity contribution < 1.29 is 12.8 Å². The van der Waals surface area contributed by atoms with Crippen molar-refractivity contribution in [1.29, 1.82) is 0 Å². The van der Waals surface area contributed by atoms with Crippen molar-refractivity contribution in [3.63, 3.8) is 0 Å². The van der Waals surface area contributed by atoms with Crippen LogP contribution in [0, 0.1) is 5.82 Å². The fraction of sp³-hybridized carbons (Fsp3) is 0.462. The minimum atomic E-state index is -3.05. The minimum Gasteiger partial charge on any atom is -0.320 e. The first-order chi connectivity index (χ1) is 9.35. The Kier molecular flexibility index (Phi) is 3.06. The van der Waals surface area contributed by atoms with E-state index in [1.54, 1.807) is 6.07 Å². The van der Waals surface area contributed by atoms with E-state index in [0.717, 1.165) is 5.52 Å². The van der Waals surface area contributed by atoms with Crippen molar-refractivity contribution >= 4 is 32.5 Å². The third-order valence-electron chi connectivity index (χ3n) is 3.83. The number of benzene rings is 1. The number of sulfone groups is 1. The van der Waals surface area contributed by atoms with Crippen LogP contribution in [-0.4, -0.2) is 29.5 Å². The van der Waals surface area contributed by atoms with Crippen molar-refractivity contribution in [3.8, 4) is 0 Å². The molecule has 1 aliphatic heterocycles. The van der Waals surface area contributed by atoms with Crippen LogP contribution in [-0.2, 0) is 21.3 Å². The van der Waals surface area contributed by atoms with Crippen molar-refractivity contribution in [3.05, 3.63) is 29.8 Å². The van der Waals surface area contributed by atoms with Gasteiger partial charge in [0.05, 0.1) is 34.0 Å². The van der Waals surface area contributed by atoms with E-state index < -0.39 is 15.4 Å². The Labute approximate surface area is 121 Å². The number of hydrogen-bond acceptors (Lipinski definition) is 3. The molecule has 0 bridgehead atoms. The molecule has 108 valence electrons. The van der Waals surface area contributed by atoms with Gasteiger partial charge in [0, 0.05) is 6.07 Å². The Morgan fingerprint density at radius 1 is 1.50 bits per heavy atom. The topological polar surface area (TPSA) is 52.0 Å². The molecule has 7 heteroatoms. The molecular formula is C13H14ClFN2O2S. The molecule has 1 saturated heterocycles. The van der Waals surface area contributed by atoms with Gasteiger partial charge in [0.15, 0.2) is 9.84 Å². The molecule has 1 unspecified atom stereocenters. The van der Waals surface area contributed by atoms with Crippen LogP contribution in [0.2, 0.25) is 0 Å². The van der Waals surface area contributed by atoms with Crippen LogP contribution in [0.5, 0.6) is 0 Å². The Morgan fingerprint density at radius 2 is 2.25 bits per heavy atom. The van der Waals surface area contributed by atoms with Gasteiger partial charge in [-0.3, -0.25) is 0 Å². The van der Waals surface area contributed by atoms with Crippen molar-refractivity contribution in [2.24, 2.45) is 0 Å². The predicted molar refractivity (Wildman–Crippen MR) is 76.2 cm³/mol. The van der Waals surface area contributed by atoms with Gasteiger partial charge in [0.1, 0.15) is 11.6 Å². The molecule has 2 aromatic rings. The molecule has 3 rings (SSSR count). The first kappa shape index (κ1) is 13.8. The molecule has 2 heterocycles. The summed E-state index contributed by atoms with van der Waals surface area (Å²) in [4.78, 5) is 4.33. The van der Waals surface area contributed by atoms with Gasteiger partial charge in [-0.05, 0) is 25.5 Å². The largest absolute Gasteiger partial charge is 0.320 e. The zero-order chi connectivity index (χ0) is 14.5. The maximum absolute atomic E-state index is 13.3. The molecule has 0 aliphatic carbocycles. The summed E-state index contributed by atoms with van der Waals surface area (Å²) in [6.45, 7) is 1.89. The summed E-state index contributed by atoms with van der Waals surface area (Å²) in [5.41, 5.74) is 0.656. The normalized spacial score (nSPS) is 25.4. The van der Waals surface area contributed by atoms with Gasteiger partial charge in [0.25, 0.3) is 0 Å². The standard InChI is InChI=1S/C13H14ClFN2O2S/c1-13(4-5-20(18,19)8-13)17-11-3-2-9(15)6-10(11)16-12(17)7-14/h2-3,6H,4-5,7-8H2,1H3. The van der Waals surface area contributed by atoms with Crippen LogP contribution in [0.25, 0.3) is 11.0 Å². The number of fused-ring (bicyclic) bond motifs is 1. The highest BCUT2D eigenvalue weighted by Crippen LogP contribution is 2.35. The van der Waals surface area contributed by atoms with Gasteiger partial charge >= 0.3 is 0 Å². The number of hydrogen-bond donors (Lipinski definition) is 0. The molecule has 0 saturated carbocycles. The smallest absolute Gasteiger partial charge is 0.152 e. The summed E-state index contributed by atoms with van der Waals surface area (Å²) in [5.74, 6) is 0.587. The first-order valence-electron chi connectivity index (χ1n) is 6.28. The lowest BCUT2D eigenvalue weighted by Gasteiger charge is -2.27. The van der Waals surface area contributed by atoms with E-state index in [4.69, 9.17) is 11.6 Å². The van der Waals surface area contributed by atoms with Crippen LogP contribution in [0.15, 0.2) is 18.2 Å². The quantitative estimate of drug-likeness (QED) is 0.800. The summed E-state index contributed by atoms with van der Waals surface area (Å²) in [6, 6.07) is 4.32. The molecule has 20 heavy (non-hydrogen) atoms. The summed E-state index contributed by atoms with van der Waals surface area (Å²) in [7, 11) is -3.05. The highest BCUT2D eigenvalue weighted by Gasteiger charge is 2.41. The molecule has 0 radical (unpaired) electrons. The van der Waals surface area contributed by atoms with Crippen molar-refractivity contribution in [2.45, 2.75) is 24.8 Å². The Hall–Kier alpha value is -1.14. The molecule has 1 aromatic heterocycles. The minimum absolute atomic E-state index is 0.0622. The maximum Gasteiger partial charge on any atom is 0.152 e. The highest BCUT2D eigenvalue weighted by molar-refractivity contribution is 7.91. The molecule has 4 nitrogen and oxygen atoms in total. The van der Waals surface area contributed by atoms with Crippen molar-refractivity contribution in [1.82, 2.24) is 9.55 Å². The molecule has 0 spiro atoms. The zero-order valence-electron chi connectivity index (χ0n) is 10.9. The summed E-state index contributed by atoms with van der Waals surface area (Å²) in [6.07, 6.45) is 0.516. The second kappa shape index (κ2) is 4.43. The third kappa shape index (κ3) is 2.11. The molecule has 0 amide bonds. The lowest BCUT2D eigenvalue weighted by atomic mass is 10.0. The van der Waals surface area contributed by atoms with Crippen molar-refractivity contribution in [2.75, 3.05) is 11.5 Å². The highest BCUT2D eigenvalue weighted by atomic mass is 35.5. The second-order valence-electron chi connectivity index (χ2n) is 5.47. The number of rotatable bonds is 2. The van der Waals surface area contributed by atoms with Crippen LogP contribution >= 0.6 is 11.6 Å². The van der Waals surface area contributed by atoms with Gasteiger partial charge < -0.3 is 4.57 Å². The summed E-state index contributed by atoms with van der Waals surface area (Å²) in [5, 5.41) is 0. The number of halogens is 2. The van der Waals surface area contributed by atoms with Gasteiger partial charge in [0.2, 0.25) is 0 Å². The van der Waals surface area contributed by atoms with Crippen LogP contribution in [0.4, 0.5) is 4.39 Å². The molecule has 1 aliphatic rings. The van der Waals surface area contributed by atoms with Gasteiger partial charge in [-0.2, -0.15) is 0 Å². The fourth-order valence-corrected chi connectivity index (χ4v) is 5.26. The van der Waals surface area contributed by atoms with Gasteiger partial charge in [-0.1, -0.05) is 0 Å². The van der Waals surface area contributed by atoms with Gasteiger partial charge in [-0.25, -0.2) is 17.8 Å². The first-order valence-corrected chi connectivity index (χ1v) is 8.64. The number of alkyl halides is 1. The van der Waals surface area contributed by atoms with Gasteiger partial charge in [-0.15, -0.1) is 11.6 Å². The Bertz CT molecular complexity index is 787. The van der Waals surface area contributed by atoms with E-state index >= 15 is 0 Å². The monoisotopic (exact) mass is 316 g/mol. The molecule has 0 N–H and O–H groups in total. The van der Waals surface area contributed by atoms with E-state index in [1.165, 1.54) is 12.1 Å². The number of nitrogens with zero attached hydrogens (tertiary/aromatic N) is 2. The number of imidazole rings is 1. The summed E-state index contributed by atoms with van der Waals surface area (Å²) >= 11 is 5.93. The van der Waals surface area contributed by atoms with Crippen LogP contribution < -0.4 is 0 Å². The average Bonchev–Trinajstić information content (AvgIpc) is 2.86. The van der Waals surface area contributed by atoms with Crippen LogP contribution in [0.3, 0.4) is 0 Å². The predicted octanol–water partition coefficient (Wildman–Crippen LogP) is 2.45. The van der Waals surface area contributed by atoms with E-state index in [2.05, 4.69) is 4.98 Å². The van der Waals surface area contributed by atoms with Crippen LogP contribution in [0.1, 0.15) is 19.2 Å². The summed E-state index contributed by atoms with van der Waals surface area (Å²) < 4.78 is 38.8. The van der Waals surface area contributed by atoms with E-state index in [1.807, 2.05) is 11.5 Å². The second-order valence-corrected chi connectivity index (χ2v) is 7.92.